The third kappa shape index (κ3) is 1.75. The molecule has 0 amide bonds. The summed E-state index contributed by atoms with van der Waals surface area (Å²) in [6, 6.07) is 0.802. The zero-order valence-corrected chi connectivity index (χ0v) is 9.16. The molecular weight excluding hydrogens is 160 g/mol. The van der Waals surface area contributed by atoms with Gasteiger partial charge in [-0.3, -0.25) is 0 Å². The van der Waals surface area contributed by atoms with Gasteiger partial charge in [-0.05, 0) is 32.2 Å². The topological polar surface area (TPSA) is 6.48 Å². The molecule has 2 rings (SSSR count). The number of rotatable bonds is 2. The molecule has 0 spiro atoms. The summed E-state index contributed by atoms with van der Waals surface area (Å²) >= 11 is 0. The van der Waals surface area contributed by atoms with Gasteiger partial charge in [0, 0.05) is 32.2 Å². The van der Waals surface area contributed by atoms with Gasteiger partial charge in [0.05, 0.1) is 0 Å². The number of likely N-dealkylation sites (tertiary alicyclic amines) is 2. The van der Waals surface area contributed by atoms with Crippen molar-refractivity contribution in [3.05, 3.63) is 0 Å². The second-order valence-corrected chi connectivity index (χ2v) is 4.95. The van der Waals surface area contributed by atoms with Crippen LogP contribution in [0.1, 0.15) is 20.3 Å². The third-order valence-corrected chi connectivity index (χ3v) is 3.91. The summed E-state index contributed by atoms with van der Waals surface area (Å²) < 4.78 is 0. The molecule has 76 valence electrons. The van der Waals surface area contributed by atoms with E-state index < -0.39 is 0 Å². The minimum absolute atomic E-state index is 0.802. The van der Waals surface area contributed by atoms with Crippen LogP contribution in [-0.4, -0.2) is 49.1 Å². The standard InChI is InChI=1S/C11H22N2/c1-4-9(2)13-7-10-5-12(3)6-11(10)8-13/h9-11H,4-8H2,1-3H3. The van der Waals surface area contributed by atoms with Crippen molar-refractivity contribution in [3.63, 3.8) is 0 Å². The summed E-state index contributed by atoms with van der Waals surface area (Å²) in [6.07, 6.45) is 1.30. The lowest BCUT2D eigenvalue weighted by Gasteiger charge is -2.24. The SMILES string of the molecule is CCC(C)N1CC2CN(C)CC2C1. The first-order valence-electron chi connectivity index (χ1n) is 5.63. The first-order chi connectivity index (χ1) is 6.20. The van der Waals surface area contributed by atoms with E-state index in [0.29, 0.717) is 0 Å². The fourth-order valence-corrected chi connectivity index (χ4v) is 2.88. The molecule has 2 fully saturated rings. The smallest absolute Gasteiger partial charge is 0.00645 e. The molecule has 2 heterocycles. The molecule has 2 saturated heterocycles. The zero-order chi connectivity index (χ0) is 9.42. The Hall–Kier alpha value is -0.0800. The Labute approximate surface area is 81.9 Å². The molecule has 0 aliphatic carbocycles. The van der Waals surface area contributed by atoms with Gasteiger partial charge in [0.15, 0.2) is 0 Å². The lowest BCUT2D eigenvalue weighted by atomic mass is 10.0. The van der Waals surface area contributed by atoms with E-state index in [9.17, 15) is 0 Å². The molecule has 0 aromatic rings. The molecule has 0 bridgehead atoms. The van der Waals surface area contributed by atoms with Crippen LogP contribution in [0.15, 0.2) is 0 Å². The van der Waals surface area contributed by atoms with Gasteiger partial charge in [-0.1, -0.05) is 6.92 Å². The molecule has 3 unspecified atom stereocenters. The van der Waals surface area contributed by atoms with Crippen molar-refractivity contribution in [2.24, 2.45) is 11.8 Å². The van der Waals surface area contributed by atoms with E-state index in [1.807, 2.05) is 0 Å². The maximum atomic E-state index is 2.68. The third-order valence-electron chi connectivity index (χ3n) is 3.91. The Kier molecular flexibility index (Phi) is 2.61. The summed E-state index contributed by atoms with van der Waals surface area (Å²) in [7, 11) is 2.26. The molecule has 2 aliphatic heterocycles. The first kappa shape index (κ1) is 9.47. The Balaban J connectivity index is 1.90. The van der Waals surface area contributed by atoms with E-state index in [0.717, 1.165) is 17.9 Å². The summed E-state index contributed by atoms with van der Waals surface area (Å²) in [5, 5.41) is 0. The molecule has 13 heavy (non-hydrogen) atoms. The van der Waals surface area contributed by atoms with E-state index in [1.165, 1.54) is 32.6 Å². The average molecular weight is 182 g/mol. The normalized spacial score (nSPS) is 38.1. The van der Waals surface area contributed by atoms with E-state index in [-0.39, 0.29) is 0 Å². The second kappa shape index (κ2) is 3.58. The van der Waals surface area contributed by atoms with Crippen LogP contribution in [0.4, 0.5) is 0 Å². The minimum atomic E-state index is 0.802. The number of fused-ring (bicyclic) bond motifs is 1. The molecule has 0 aromatic heterocycles. The van der Waals surface area contributed by atoms with Crippen LogP contribution in [0.3, 0.4) is 0 Å². The number of hydrogen-bond acceptors (Lipinski definition) is 2. The Morgan fingerprint density at radius 2 is 1.69 bits per heavy atom. The van der Waals surface area contributed by atoms with Crippen LogP contribution >= 0.6 is 0 Å². The van der Waals surface area contributed by atoms with Gasteiger partial charge in [-0.25, -0.2) is 0 Å². The molecule has 0 saturated carbocycles. The molecule has 0 N–H and O–H groups in total. The molecule has 2 nitrogen and oxygen atoms in total. The molecule has 2 heteroatoms. The molecular formula is C11H22N2. The van der Waals surface area contributed by atoms with Gasteiger partial charge < -0.3 is 9.80 Å². The predicted octanol–water partition coefficient (Wildman–Crippen LogP) is 1.28. The van der Waals surface area contributed by atoms with Crippen LogP contribution in [0, 0.1) is 11.8 Å². The van der Waals surface area contributed by atoms with Crippen molar-refractivity contribution in [2.75, 3.05) is 33.2 Å². The van der Waals surface area contributed by atoms with Gasteiger partial charge in [0.2, 0.25) is 0 Å². The van der Waals surface area contributed by atoms with Crippen LogP contribution in [0.25, 0.3) is 0 Å². The van der Waals surface area contributed by atoms with Crippen molar-refractivity contribution in [1.82, 2.24) is 9.80 Å². The fraction of sp³-hybridized carbons (Fsp3) is 1.00. The maximum Gasteiger partial charge on any atom is 0.00645 e. The lowest BCUT2D eigenvalue weighted by molar-refractivity contribution is 0.219. The van der Waals surface area contributed by atoms with Crippen molar-refractivity contribution >= 4 is 0 Å². The Bertz CT molecular complexity index is 167. The molecule has 0 radical (unpaired) electrons. The summed E-state index contributed by atoms with van der Waals surface area (Å²) in [4.78, 5) is 5.17. The predicted molar refractivity (Wildman–Crippen MR) is 55.8 cm³/mol. The van der Waals surface area contributed by atoms with Crippen molar-refractivity contribution in [2.45, 2.75) is 26.3 Å². The average Bonchev–Trinajstić information content (AvgIpc) is 2.59. The van der Waals surface area contributed by atoms with Crippen molar-refractivity contribution in [1.29, 1.82) is 0 Å². The highest BCUT2D eigenvalue weighted by molar-refractivity contribution is 4.93. The number of nitrogens with zero attached hydrogens (tertiary/aromatic N) is 2. The maximum absolute atomic E-state index is 2.68. The number of hydrogen-bond donors (Lipinski definition) is 0. The lowest BCUT2D eigenvalue weighted by Crippen LogP contribution is -2.33. The fourth-order valence-electron chi connectivity index (χ4n) is 2.88. The van der Waals surface area contributed by atoms with Crippen molar-refractivity contribution < 1.29 is 0 Å². The highest BCUT2D eigenvalue weighted by Gasteiger charge is 2.39. The largest absolute Gasteiger partial charge is 0.306 e. The van der Waals surface area contributed by atoms with Crippen LogP contribution in [0.2, 0.25) is 0 Å². The van der Waals surface area contributed by atoms with Crippen LogP contribution < -0.4 is 0 Å². The van der Waals surface area contributed by atoms with Gasteiger partial charge in [-0.15, -0.1) is 0 Å². The second-order valence-electron chi connectivity index (χ2n) is 4.95. The minimum Gasteiger partial charge on any atom is -0.306 e. The summed E-state index contributed by atoms with van der Waals surface area (Å²) in [5.74, 6) is 1.94. The summed E-state index contributed by atoms with van der Waals surface area (Å²) in [5.41, 5.74) is 0. The van der Waals surface area contributed by atoms with Crippen LogP contribution in [0.5, 0.6) is 0 Å². The van der Waals surface area contributed by atoms with Gasteiger partial charge in [0.25, 0.3) is 0 Å². The van der Waals surface area contributed by atoms with Gasteiger partial charge >= 0.3 is 0 Å². The van der Waals surface area contributed by atoms with Gasteiger partial charge in [-0.2, -0.15) is 0 Å². The Morgan fingerprint density at radius 1 is 1.15 bits per heavy atom. The van der Waals surface area contributed by atoms with E-state index in [4.69, 9.17) is 0 Å². The molecule has 2 aliphatic rings. The Morgan fingerprint density at radius 3 is 2.15 bits per heavy atom. The first-order valence-corrected chi connectivity index (χ1v) is 5.63. The van der Waals surface area contributed by atoms with E-state index in [2.05, 4.69) is 30.7 Å². The van der Waals surface area contributed by atoms with Crippen molar-refractivity contribution in [3.8, 4) is 0 Å². The monoisotopic (exact) mass is 182 g/mol. The zero-order valence-electron chi connectivity index (χ0n) is 9.16. The quantitative estimate of drug-likeness (QED) is 0.635. The van der Waals surface area contributed by atoms with Crippen LogP contribution in [-0.2, 0) is 0 Å². The van der Waals surface area contributed by atoms with Gasteiger partial charge in [0.1, 0.15) is 0 Å². The summed E-state index contributed by atoms with van der Waals surface area (Å²) in [6.45, 7) is 10.0. The highest BCUT2D eigenvalue weighted by Crippen LogP contribution is 2.31. The van der Waals surface area contributed by atoms with E-state index >= 15 is 0 Å². The molecule has 0 aromatic carbocycles. The van der Waals surface area contributed by atoms with E-state index in [1.54, 1.807) is 0 Å². The molecule has 3 atom stereocenters. The highest BCUT2D eigenvalue weighted by atomic mass is 15.2.